The van der Waals surface area contributed by atoms with E-state index in [1.807, 2.05) is 32.9 Å². The highest BCUT2D eigenvalue weighted by Crippen LogP contribution is 2.39. The second-order valence-corrected chi connectivity index (χ2v) is 17.3. The topological polar surface area (TPSA) is 178 Å². The number of piperidine rings is 1. The third-order valence-electron chi connectivity index (χ3n) is 12.9. The number of esters is 1. The van der Waals surface area contributed by atoms with E-state index < -0.39 is 83.9 Å². The van der Waals surface area contributed by atoms with Crippen molar-refractivity contribution in [1.82, 2.24) is 4.90 Å². The Morgan fingerprint density at radius 2 is 1.60 bits per heavy atom. The molecule has 4 rings (SSSR count). The van der Waals surface area contributed by atoms with Gasteiger partial charge >= 0.3 is 5.97 Å². The Hall–Kier alpha value is -2.78. The molecule has 1 saturated carbocycles. The van der Waals surface area contributed by atoms with Gasteiger partial charge in [0.25, 0.3) is 11.7 Å². The lowest BCUT2D eigenvalue weighted by atomic mass is 9.81. The number of hydrogen-bond acceptors (Lipinski definition) is 12. The van der Waals surface area contributed by atoms with Gasteiger partial charge in [0.15, 0.2) is 0 Å². The molecule has 0 aromatic heterocycles. The van der Waals surface area contributed by atoms with Crippen LogP contribution in [0.3, 0.4) is 0 Å². The smallest absolute Gasteiger partial charge is 0.329 e. The number of fused-ring (bicyclic) bond motifs is 3. The number of aliphatic hydroxyl groups excluding tert-OH is 2. The van der Waals surface area contributed by atoms with Crippen molar-refractivity contribution in [2.45, 2.75) is 160 Å². The van der Waals surface area contributed by atoms with Gasteiger partial charge in [-0.25, -0.2) is 4.79 Å². The number of methoxy groups -OCH3 is 3. The molecule has 0 aromatic carbocycles. The van der Waals surface area contributed by atoms with E-state index in [9.17, 15) is 34.5 Å². The Bertz CT molecular complexity index is 1480. The van der Waals surface area contributed by atoms with Gasteiger partial charge in [0.05, 0.1) is 30.5 Å². The minimum absolute atomic E-state index is 0.00988. The third-order valence-corrected chi connectivity index (χ3v) is 12.9. The molecule has 1 aliphatic carbocycles. The van der Waals surface area contributed by atoms with Gasteiger partial charge in [-0.05, 0) is 95.5 Å². The molecular weight excluding hydrogens is 734 g/mol. The van der Waals surface area contributed by atoms with Gasteiger partial charge in [-0.3, -0.25) is 14.4 Å². The first kappa shape index (κ1) is 46.9. The van der Waals surface area contributed by atoms with E-state index in [2.05, 4.69) is 6.58 Å². The average molecular weight is 804 g/mol. The molecule has 322 valence electrons. The van der Waals surface area contributed by atoms with Crippen LogP contribution in [0.2, 0.25) is 0 Å². The number of carbonyl (C=O) groups excluding carboxylic acids is 4. The number of aliphatic hydroxyl groups is 3. The number of Topliss-reactive ketones (excluding diaryl/α,β-unsaturated/α-hetero) is 2. The fourth-order valence-corrected chi connectivity index (χ4v) is 9.42. The number of ketones is 2. The number of cyclic esters (lactones) is 1. The molecule has 13 nitrogen and oxygen atoms in total. The van der Waals surface area contributed by atoms with Crippen LogP contribution in [0.25, 0.3) is 0 Å². The molecule has 2 bridgehead atoms. The van der Waals surface area contributed by atoms with Crippen LogP contribution in [0.4, 0.5) is 0 Å². The standard InChI is InChI=1S/C44H69NO12/c1-10-13-31-19-25(2)18-26(3)20-37(54-8)40-38(55-9)22-28(5)44(52,57-40)41(49)42(50)45-17-12-11-14-32(45)43(51)56-39(29(6)34(47)24-35(31)48)27(4)21-30-15-16-33(46)36(23-30)53-7/h10,19,21,26,28-34,36-40,46-47,52H,1,11-18,20,22-24H2,2-9H3/b25-19+,27-21+/t26-,28+,29+,30?,31+,32?,33+,34-,36+,37-,38-,39?,40+,44+/m0/s1. The number of hydrogen-bond donors (Lipinski definition) is 3. The molecule has 0 aromatic rings. The zero-order valence-corrected chi connectivity index (χ0v) is 35.4. The highest BCUT2D eigenvalue weighted by Gasteiger charge is 2.56. The molecular formula is C44H69NO12. The predicted octanol–water partition coefficient (Wildman–Crippen LogP) is 4.64. The van der Waals surface area contributed by atoms with E-state index in [0.717, 1.165) is 5.57 Å². The summed E-state index contributed by atoms with van der Waals surface area (Å²) in [6, 6.07) is -1.14. The second-order valence-electron chi connectivity index (χ2n) is 17.3. The average Bonchev–Trinajstić information content (AvgIpc) is 3.18. The van der Waals surface area contributed by atoms with Gasteiger partial charge in [-0.1, -0.05) is 44.6 Å². The molecule has 4 aliphatic rings. The maximum absolute atomic E-state index is 14.3. The molecule has 0 spiro atoms. The summed E-state index contributed by atoms with van der Waals surface area (Å²) in [6.45, 7) is 13.1. The Labute approximate surface area is 339 Å². The summed E-state index contributed by atoms with van der Waals surface area (Å²) < 4.78 is 29.7. The van der Waals surface area contributed by atoms with Gasteiger partial charge in [-0.15, -0.1) is 6.58 Å². The van der Waals surface area contributed by atoms with E-state index in [-0.39, 0.29) is 49.5 Å². The Morgan fingerprint density at radius 3 is 2.25 bits per heavy atom. The number of allylic oxidation sites excluding steroid dienone is 4. The molecule has 3 aliphatic heterocycles. The maximum Gasteiger partial charge on any atom is 0.329 e. The Kier molecular flexibility index (Phi) is 17.2. The van der Waals surface area contributed by atoms with Crippen LogP contribution < -0.4 is 0 Å². The minimum Gasteiger partial charge on any atom is -0.456 e. The van der Waals surface area contributed by atoms with Gasteiger partial charge < -0.3 is 43.9 Å². The van der Waals surface area contributed by atoms with Crippen LogP contribution in [0, 0.1) is 29.6 Å². The fourth-order valence-electron chi connectivity index (χ4n) is 9.42. The quantitative estimate of drug-likeness (QED) is 0.185. The van der Waals surface area contributed by atoms with Crippen molar-refractivity contribution in [3.8, 4) is 0 Å². The summed E-state index contributed by atoms with van der Waals surface area (Å²) >= 11 is 0. The van der Waals surface area contributed by atoms with Crippen LogP contribution in [0.1, 0.15) is 105 Å². The van der Waals surface area contributed by atoms with E-state index in [4.69, 9.17) is 23.7 Å². The summed E-state index contributed by atoms with van der Waals surface area (Å²) in [5.74, 6) is -7.76. The van der Waals surface area contributed by atoms with Gasteiger partial charge in [0, 0.05) is 52.0 Å². The number of nitrogens with zero attached hydrogens (tertiary/aromatic N) is 1. The zero-order valence-electron chi connectivity index (χ0n) is 35.4. The highest BCUT2D eigenvalue weighted by molar-refractivity contribution is 6.39. The van der Waals surface area contributed by atoms with Crippen molar-refractivity contribution in [3.63, 3.8) is 0 Å². The number of carbonyl (C=O) groups is 4. The van der Waals surface area contributed by atoms with E-state index in [0.29, 0.717) is 56.9 Å². The normalized spacial score (nSPS) is 41.0. The second kappa shape index (κ2) is 21.0. The predicted molar refractivity (Wildman–Crippen MR) is 213 cm³/mol. The minimum atomic E-state index is -2.51. The van der Waals surface area contributed by atoms with Crippen molar-refractivity contribution in [3.05, 3.63) is 36.0 Å². The fraction of sp³-hybridized carbons (Fsp3) is 0.773. The lowest BCUT2D eigenvalue weighted by molar-refractivity contribution is -0.302. The summed E-state index contributed by atoms with van der Waals surface area (Å²) in [6.07, 6.45) is 4.93. The van der Waals surface area contributed by atoms with Crippen LogP contribution in [0.5, 0.6) is 0 Å². The van der Waals surface area contributed by atoms with E-state index in [1.54, 1.807) is 27.0 Å². The SMILES string of the molecule is C=CC[C@@H]1/C=C(\C)C[C@H](C)C[C@H](OC)[C@H]2O[C@@](O)(C(=O)C(=O)N3CCCCC3C(=O)OC(/C(C)=C/C3CC[C@@H](O)[C@H](OC)C3)[C@H](C)[C@@H](O)CC1=O)[C@H](C)C[C@@H]2OC. The van der Waals surface area contributed by atoms with Crippen molar-refractivity contribution < 1.29 is 58.2 Å². The Balaban J connectivity index is 1.78. The van der Waals surface area contributed by atoms with E-state index >= 15 is 0 Å². The molecule has 3 fully saturated rings. The van der Waals surface area contributed by atoms with Crippen LogP contribution in [-0.4, -0.2) is 126 Å². The summed E-state index contributed by atoms with van der Waals surface area (Å²) in [5, 5.41) is 34.1. The number of amides is 1. The lowest BCUT2D eigenvalue weighted by Gasteiger charge is -2.47. The monoisotopic (exact) mass is 803 g/mol. The van der Waals surface area contributed by atoms with Crippen molar-refractivity contribution in [1.29, 1.82) is 0 Å². The Morgan fingerprint density at radius 1 is 0.930 bits per heavy atom. The summed E-state index contributed by atoms with van der Waals surface area (Å²) in [5.41, 5.74) is 1.61. The van der Waals surface area contributed by atoms with Crippen molar-refractivity contribution in [2.75, 3.05) is 27.9 Å². The zero-order chi connectivity index (χ0) is 42.2. The summed E-state index contributed by atoms with van der Waals surface area (Å²) in [7, 11) is 4.61. The van der Waals surface area contributed by atoms with Gasteiger partial charge in [0.1, 0.15) is 24.0 Å². The molecule has 57 heavy (non-hydrogen) atoms. The number of rotatable bonds is 7. The molecule has 14 atom stereocenters. The lowest BCUT2D eigenvalue weighted by Crippen LogP contribution is -2.64. The highest BCUT2D eigenvalue weighted by atomic mass is 16.7. The number of ether oxygens (including phenoxy) is 5. The van der Waals surface area contributed by atoms with Crippen LogP contribution >= 0.6 is 0 Å². The molecule has 3 N–H and O–H groups in total. The first-order valence-electron chi connectivity index (χ1n) is 20.9. The molecule has 13 heteroatoms. The molecule has 1 amide bonds. The third kappa shape index (κ3) is 11.3. The first-order chi connectivity index (χ1) is 27.0. The van der Waals surface area contributed by atoms with Gasteiger partial charge in [0.2, 0.25) is 5.79 Å². The van der Waals surface area contributed by atoms with Crippen LogP contribution in [0.15, 0.2) is 36.0 Å². The first-order valence-corrected chi connectivity index (χ1v) is 20.9. The van der Waals surface area contributed by atoms with Crippen molar-refractivity contribution >= 4 is 23.4 Å². The molecule has 3 heterocycles. The molecule has 0 radical (unpaired) electrons. The summed E-state index contributed by atoms with van der Waals surface area (Å²) in [4.78, 5) is 57.8. The van der Waals surface area contributed by atoms with Crippen LogP contribution in [-0.2, 0) is 42.9 Å². The molecule has 3 unspecified atom stereocenters. The van der Waals surface area contributed by atoms with Gasteiger partial charge in [-0.2, -0.15) is 0 Å². The maximum atomic E-state index is 14.3. The largest absolute Gasteiger partial charge is 0.456 e. The van der Waals surface area contributed by atoms with Crippen molar-refractivity contribution in [2.24, 2.45) is 29.6 Å². The van der Waals surface area contributed by atoms with E-state index in [1.165, 1.54) is 19.1 Å². The molecule has 2 saturated heterocycles.